The number of hydrogen-bond donors (Lipinski definition) is 0. The molecule has 0 spiro atoms. The molecular formula is C14H12Br2O. The van der Waals surface area contributed by atoms with Crippen molar-refractivity contribution in [2.45, 2.75) is 12.2 Å². The van der Waals surface area contributed by atoms with Crippen molar-refractivity contribution in [2.75, 3.05) is 0 Å². The van der Waals surface area contributed by atoms with E-state index in [1.807, 2.05) is 36.5 Å². The van der Waals surface area contributed by atoms with E-state index < -0.39 is 0 Å². The molecule has 2 rings (SSSR count). The van der Waals surface area contributed by atoms with E-state index in [9.17, 15) is 0 Å². The molecule has 3 heteroatoms. The van der Waals surface area contributed by atoms with Gasteiger partial charge in [-0.1, -0.05) is 57.2 Å². The quantitative estimate of drug-likeness (QED) is 0.706. The van der Waals surface area contributed by atoms with Gasteiger partial charge in [-0.15, -0.1) is 0 Å². The highest BCUT2D eigenvalue weighted by Crippen LogP contribution is 2.27. The minimum atomic E-state index is -0.0898. The van der Waals surface area contributed by atoms with Gasteiger partial charge in [-0.25, -0.2) is 0 Å². The fourth-order valence-electron chi connectivity index (χ4n) is 1.64. The van der Waals surface area contributed by atoms with Gasteiger partial charge < -0.3 is 4.74 Å². The van der Waals surface area contributed by atoms with Crippen LogP contribution in [0.25, 0.3) is 0 Å². The second-order valence-corrected chi connectivity index (χ2v) is 5.74. The first kappa shape index (κ1) is 12.8. The molecule has 2 unspecified atom stereocenters. The normalized spacial score (nSPS) is 28.1. The number of allylic oxidation sites excluding steroid dienone is 4. The monoisotopic (exact) mass is 354 g/mol. The van der Waals surface area contributed by atoms with Crippen LogP contribution in [0.1, 0.15) is 0 Å². The Balaban J connectivity index is 2.05. The number of hydrogen-bond acceptors (Lipinski definition) is 1. The molecule has 1 nitrogen and oxygen atoms in total. The van der Waals surface area contributed by atoms with Crippen LogP contribution in [0.5, 0.6) is 0 Å². The number of ether oxygens (including phenoxy) is 1. The van der Waals surface area contributed by atoms with E-state index in [1.165, 1.54) is 0 Å². The zero-order valence-electron chi connectivity index (χ0n) is 9.20. The minimum absolute atomic E-state index is 0.0898. The highest BCUT2D eigenvalue weighted by Gasteiger charge is 2.19. The maximum Gasteiger partial charge on any atom is 0.102 e. The second kappa shape index (κ2) is 5.34. The van der Waals surface area contributed by atoms with Crippen LogP contribution < -0.4 is 0 Å². The van der Waals surface area contributed by atoms with Gasteiger partial charge in [0, 0.05) is 8.96 Å². The average molecular weight is 356 g/mol. The Kier molecular flexibility index (Phi) is 4.02. The highest BCUT2D eigenvalue weighted by atomic mass is 79.9. The molecule has 2 aliphatic rings. The van der Waals surface area contributed by atoms with Crippen LogP contribution in [0.15, 0.2) is 69.7 Å². The van der Waals surface area contributed by atoms with Crippen molar-refractivity contribution in [3.8, 4) is 0 Å². The first-order valence-corrected chi connectivity index (χ1v) is 6.79. The van der Waals surface area contributed by atoms with E-state index >= 15 is 0 Å². The van der Waals surface area contributed by atoms with Gasteiger partial charge in [0.05, 0.1) is 0 Å². The molecule has 0 saturated carbocycles. The molecule has 0 amide bonds. The van der Waals surface area contributed by atoms with Gasteiger partial charge in [0.15, 0.2) is 0 Å². The molecule has 0 fully saturated rings. The van der Waals surface area contributed by atoms with Crippen molar-refractivity contribution in [3.63, 3.8) is 0 Å². The summed E-state index contributed by atoms with van der Waals surface area (Å²) in [5.41, 5.74) is 1.88. The van der Waals surface area contributed by atoms with E-state index in [0.29, 0.717) is 0 Å². The van der Waals surface area contributed by atoms with Crippen LogP contribution in [0, 0.1) is 0 Å². The molecule has 2 atom stereocenters. The first-order chi connectivity index (χ1) is 8.06. The summed E-state index contributed by atoms with van der Waals surface area (Å²) in [5.74, 6) is 0. The Morgan fingerprint density at radius 2 is 1.29 bits per heavy atom. The van der Waals surface area contributed by atoms with Crippen LogP contribution in [-0.4, -0.2) is 12.2 Å². The SMILES string of the molecule is C=C1C=C(Br)C=CC1OC1C=CC(Br)=CC1=C. The minimum Gasteiger partial charge on any atom is -0.357 e. The molecule has 88 valence electrons. The topological polar surface area (TPSA) is 9.23 Å². The van der Waals surface area contributed by atoms with E-state index in [4.69, 9.17) is 4.74 Å². The maximum absolute atomic E-state index is 5.95. The van der Waals surface area contributed by atoms with Crippen LogP contribution in [-0.2, 0) is 4.74 Å². The van der Waals surface area contributed by atoms with Gasteiger partial charge in [-0.05, 0) is 35.5 Å². The molecule has 0 aromatic rings. The summed E-state index contributed by atoms with van der Waals surface area (Å²) >= 11 is 6.82. The summed E-state index contributed by atoms with van der Waals surface area (Å²) in [6.45, 7) is 7.98. The summed E-state index contributed by atoms with van der Waals surface area (Å²) in [4.78, 5) is 0. The highest BCUT2D eigenvalue weighted by molar-refractivity contribution is 9.12. The number of rotatable bonds is 2. The lowest BCUT2D eigenvalue weighted by atomic mass is 10.0. The van der Waals surface area contributed by atoms with Crippen molar-refractivity contribution in [2.24, 2.45) is 0 Å². The fourth-order valence-corrected chi connectivity index (χ4v) is 2.54. The van der Waals surface area contributed by atoms with Crippen molar-refractivity contribution >= 4 is 31.9 Å². The standard InChI is InChI=1S/C14H12Br2O/c1-9-7-11(15)3-5-13(9)17-14-6-4-12(16)8-10(14)2/h3-8,13-14H,1-2H2. The zero-order chi connectivity index (χ0) is 12.4. The molecule has 0 saturated heterocycles. The third kappa shape index (κ3) is 3.18. The van der Waals surface area contributed by atoms with Gasteiger partial charge >= 0.3 is 0 Å². The van der Waals surface area contributed by atoms with Crippen molar-refractivity contribution in [1.82, 2.24) is 0 Å². The van der Waals surface area contributed by atoms with E-state index in [2.05, 4.69) is 45.0 Å². The van der Waals surface area contributed by atoms with Gasteiger partial charge in [0.2, 0.25) is 0 Å². The Hall–Kier alpha value is -0.640. The van der Waals surface area contributed by atoms with Crippen LogP contribution in [0.4, 0.5) is 0 Å². The van der Waals surface area contributed by atoms with Crippen molar-refractivity contribution in [3.05, 3.63) is 69.7 Å². The first-order valence-electron chi connectivity index (χ1n) is 5.20. The van der Waals surface area contributed by atoms with Gasteiger partial charge in [-0.2, -0.15) is 0 Å². The summed E-state index contributed by atoms with van der Waals surface area (Å²) in [7, 11) is 0. The molecule has 0 aromatic carbocycles. The maximum atomic E-state index is 5.95. The third-order valence-electron chi connectivity index (χ3n) is 2.53. The predicted molar refractivity (Wildman–Crippen MR) is 79.2 cm³/mol. The van der Waals surface area contributed by atoms with Gasteiger partial charge in [-0.3, -0.25) is 0 Å². The third-order valence-corrected chi connectivity index (χ3v) is 3.52. The lowest BCUT2D eigenvalue weighted by Crippen LogP contribution is -2.23. The Bertz CT molecular complexity index is 436. The fraction of sp³-hybridized carbons (Fsp3) is 0.143. The van der Waals surface area contributed by atoms with Crippen molar-refractivity contribution in [1.29, 1.82) is 0 Å². The lowest BCUT2D eigenvalue weighted by molar-refractivity contribution is 0.0861. The van der Waals surface area contributed by atoms with Crippen LogP contribution in [0.3, 0.4) is 0 Å². The van der Waals surface area contributed by atoms with E-state index in [-0.39, 0.29) is 12.2 Å². The number of halogens is 2. The molecule has 17 heavy (non-hydrogen) atoms. The summed E-state index contributed by atoms with van der Waals surface area (Å²) in [5, 5.41) is 0. The second-order valence-electron chi connectivity index (χ2n) is 3.90. The largest absolute Gasteiger partial charge is 0.357 e. The predicted octanol–water partition coefficient (Wildman–Crippen LogP) is 4.55. The Labute approximate surface area is 118 Å². The summed E-state index contributed by atoms with van der Waals surface area (Å²) in [6.07, 6.45) is 11.7. The van der Waals surface area contributed by atoms with Crippen molar-refractivity contribution < 1.29 is 4.74 Å². The molecule has 0 radical (unpaired) electrons. The zero-order valence-corrected chi connectivity index (χ0v) is 12.4. The molecule has 0 heterocycles. The summed E-state index contributed by atoms with van der Waals surface area (Å²) in [6, 6.07) is 0. The van der Waals surface area contributed by atoms with Gasteiger partial charge in [0.1, 0.15) is 12.2 Å². The molecule has 0 bridgehead atoms. The van der Waals surface area contributed by atoms with Crippen LogP contribution in [0.2, 0.25) is 0 Å². The molecular weight excluding hydrogens is 344 g/mol. The Morgan fingerprint density at radius 3 is 1.65 bits per heavy atom. The molecule has 2 aliphatic carbocycles. The summed E-state index contributed by atoms with van der Waals surface area (Å²) < 4.78 is 7.98. The van der Waals surface area contributed by atoms with Crippen LogP contribution >= 0.6 is 31.9 Å². The van der Waals surface area contributed by atoms with E-state index in [1.54, 1.807) is 0 Å². The average Bonchev–Trinajstić information content (AvgIpc) is 2.25. The van der Waals surface area contributed by atoms with Gasteiger partial charge in [0.25, 0.3) is 0 Å². The molecule has 0 N–H and O–H groups in total. The lowest BCUT2D eigenvalue weighted by Gasteiger charge is -2.25. The smallest absolute Gasteiger partial charge is 0.102 e. The Morgan fingerprint density at radius 1 is 0.882 bits per heavy atom. The molecule has 0 aromatic heterocycles. The van der Waals surface area contributed by atoms with E-state index in [0.717, 1.165) is 20.1 Å². The molecule has 0 aliphatic heterocycles.